The van der Waals surface area contributed by atoms with Crippen molar-refractivity contribution in [3.63, 3.8) is 0 Å². The summed E-state index contributed by atoms with van der Waals surface area (Å²) in [5, 5.41) is 0. The molecule has 1 aromatic rings. The van der Waals surface area contributed by atoms with Gasteiger partial charge in [-0.1, -0.05) is 0 Å². The minimum Gasteiger partial charge on any atom is -0.496 e. The standard InChI is InChI=1S/C15H22O3/c1-10-8-14(17-6)11(2)7-12(10)13(16)9-18-15(3,4)5/h7-8H,9H2,1-6H3. The molecule has 0 saturated heterocycles. The Morgan fingerprint density at radius 1 is 1.17 bits per heavy atom. The van der Waals surface area contributed by atoms with Crippen LogP contribution in [0.1, 0.15) is 42.3 Å². The predicted molar refractivity (Wildman–Crippen MR) is 72.5 cm³/mol. The molecule has 0 heterocycles. The second-order valence-electron chi connectivity index (χ2n) is 5.46. The summed E-state index contributed by atoms with van der Waals surface area (Å²) in [6.07, 6.45) is 0. The smallest absolute Gasteiger partial charge is 0.188 e. The molecule has 100 valence electrons. The number of methoxy groups -OCH3 is 1. The molecule has 0 fully saturated rings. The number of rotatable bonds is 4. The summed E-state index contributed by atoms with van der Waals surface area (Å²) in [6.45, 7) is 9.76. The maximum Gasteiger partial charge on any atom is 0.188 e. The number of carbonyl (C=O) groups is 1. The van der Waals surface area contributed by atoms with Gasteiger partial charge in [0.15, 0.2) is 5.78 Å². The number of hydrogen-bond donors (Lipinski definition) is 0. The largest absolute Gasteiger partial charge is 0.496 e. The van der Waals surface area contributed by atoms with Crippen molar-refractivity contribution in [3.8, 4) is 5.75 Å². The lowest BCUT2D eigenvalue weighted by atomic mass is 10.0. The zero-order valence-corrected chi connectivity index (χ0v) is 12.1. The van der Waals surface area contributed by atoms with E-state index >= 15 is 0 Å². The van der Waals surface area contributed by atoms with Gasteiger partial charge in [0.2, 0.25) is 0 Å². The average Bonchev–Trinajstić information content (AvgIpc) is 2.27. The molecule has 3 heteroatoms. The van der Waals surface area contributed by atoms with Crippen molar-refractivity contribution < 1.29 is 14.3 Å². The van der Waals surface area contributed by atoms with Gasteiger partial charge >= 0.3 is 0 Å². The lowest BCUT2D eigenvalue weighted by Crippen LogP contribution is -2.24. The molecule has 1 rings (SSSR count). The lowest BCUT2D eigenvalue weighted by molar-refractivity contribution is 0.00303. The van der Waals surface area contributed by atoms with Gasteiger partial charge in [0.25, 0.3) is 0 Å². The van der Waals surface area contributed by atoms with Gasteiger partial charge in [0.05, 0.1) is 12.7 Å². The van der Waals surface area contributed by atoms with Crippen molar-refractivity contribution in [2.45, 2.75) is 40.2 Å². The molecule has 1 aromatic carbocycles. The van der Waals surface area contributed by atoms with Crippen LogP contribution in [-0.4, -0.2) is 25.1 Å². The molecule has 0 aliphatic heterocycles. The molecule has 0 bridgehead atoms. The summed E-state index contributed by atoms with van der Waals surface area (Å²) in [6, 6.07) is 3.75. The highest BCUT2D eigenvalue weighted by atomic mass is 16.5. The molecular formula is C15H22O3. The number of carbonyl (C=O) groups excluding carboxylic acids is 1. The minimum absolute atomic E-state index is 0.00757. The van der Waals surface area contributed by atoms with Crippen LogP contribution in [0.15, 0.2) is 12.1 Å². The Bertz CT molecular complexity index is 442. The van der Waals surface area contributed by atoms with Gasteiger partial charge in [0, 0.05) is 5.56 Å². The summed E-state index contributed by atoms with van der Waals surface area (Å²) >= 11 is 0. The fraction of sp³-hybridized carbons (Fsp3) is 0.533. The summed E-state index contributed by atoms with van der Waals surface area (Å²) in [7, 11) is 1.63. The number of ether oxygens (including phenoxy) is 2. The fourth-order valence-corrected chi connectivity index (χ4v) is 1.67. The first-order valence-electron chi connectivity index (χ1n) is 6.07. The van der Waals surface area contributed by atoms with E-state index in [1.807, 2.05) is 46.8 Å². The number of ketones is 1. The zero-order chi connectivity index (χ0) is 13.9. The monoisotopic (exact) mass is 250 g/mol. The van der Waals surface area contributed by atoms with Crippen LogP contribution in [0.2, 0.25) is 0 Å². The summed E-state index contributed by atoms with van der Waals surface area (Å²) in [5.41, 5.74) is 2.28. The quantitative estimate of drug-likeness (QED) is 0.769. The average molecular weight is 250 g/mol. The first-order chi connectivity index (χ1) is 8.24. The summed E-state index contributed by atoms with van der Waals surface area (Å²) in [5.74, 6) is 0.814. The van der Waals surface area contributed by atoms with Crippen molar-refractivity contribution in [2.24, 2.45) is 0 Å². The molecule has 0 aliphatic rings. The molecule has 0 atom stereocenters. The predicted octanol–water partition coefficient (Wildman–Crippen LogP) is 3.31. The Morgan fingerprint density at radius 3 is 2.28 bits per heavy atom. The molecule has 0 saturated carbocycles. The normalized spacial score (nSPS) is 11.4. The summed E-state index contributed by atoms with van der Waals surface area (Å²) in [4.78, 5) is 12.1. The van der Waals surface area contributed by atoms with Gasteiger partial charge in [0.1, 0.15) is 12.4 Å². The van der Waals surface area contributed by atoms with Gasteiger partial charge in [-0.05, 0) is 57.9 Å². The first kappa shape index (κ1) is 14.7. The van der Waals surface area contributed by atoms with Crippen LogP contribution in [0.25, 0.3) is 0 Å². The van der Waals surface area contributed by atoms with E-state index < -0.39 is 0 Å². The van der Waals surface area contributed by atoms with Crippen molar-refractivity contribution in [1.82, 2.24) is 0 Å². The summed E-state index contributed by atoms with van der Waals surface area (Å²) < 4.78 is 10.7. The van der Waals surface area contributed by atoms with E-state index in [2.05, 4.69) is 0 Å². The fourth-order valence-electron chi connectivity index (χ4n) is 1.67. The van der Waals surface area contributed by atoms with Crippen LogP contribution in [0.3, 0.4) is 0 Å². The third-order valence-corrected chi connectivity index (χ3v) is 2.68. The molecule has 0 amide bonds. The zero-order valence-electron chi connectivity index (χ0n) is 12.1. The topological polar surface area (TPSA) is 35.5 Å². The van der Waals surface area contributed by atoms with E-state index in [0.717, 1.165) is 16.9 Å². The van der Waals surface area contributed by atoms with Gasteiger partial charge in [-0.2, -0.15) is 0 Å². The highest BCUT2D eigenvalue weighted by molar-refractivity contribution is 5.98. The van der Waals surface area contributed by atoms with Crippen LogP contribution in [0.4, 0.5) is 0 Å². The van der Waals surface area contributed by atoms with Crippen LogP contribution >= 0.6 is 0 Å². The van der Waals surface area contributed by atoms with E-state index in [4.69, 9.17) is 9.47 Å². The number of aryl methyl sites for hydroxylation is 2. The van der Waals surface area contributed by atoms with Gasteiger partial charge in [-0.15, -0.1) is 0 Å². The van der Waals surface area contributed by atoms with E-state index in [9.17, 15) is 4.79 Å². The molecular weight excluding hydrogens is 228 g/mol. The van der Waals surface area contributed by atoms with Crippen molar-refractivity contribution in [2.75, 3.05) is 13.7 Å². The third kappa shape index (κ3) is 3.84. The molecule has 0 spiro atoms. The molecule has 0 aliphatic carbocycles. The van der Waals surface area contributed by atoms with Crippen molar-refractivity contribution >= 4 is 5.78 Å². The minimum atomic E-state index is -0.301. The van der Waals surface area contributed by atoms with Crippen molar-refractivity contribution in [3.05, 3.63) is 28.8 Å². The van der Waals surface area contributed by atoms with Crippen LogP contribution in [0.5, 0.6) is 5.75 Å². The molecule has 0 unspecified atom stereocenters. The third-order valence-electron chi connectivity index (χ3n) is 2.68. The van der Waals surface area contributed by atoms with Crippen LogP contribution in [-0.2, 0) is 4.74 Å². The Morgan fingerprint density at radius 2 is 1.78 bits per heavy atom. The number of hydrogen-bond acceptors (Lipinski definition) is 3. The molecule has 0 aromatic heterocycles. The van der Waals surface area contributed by atoms with E-state index in [1.54, 1.807) is 7.11 Å². The van der Waals surface area contributed by atoms with Crippen molar-refractivity contribution in [1.29, 1.82) is 0 Å². The number of Topliss-reactive ketones (excluding diaryl/α,β-unsaturated/α-hetero) is 1. The second-order valence-corrected chi connectivity index (χ2v) is 5.46. The van der Waals surface area contributed by atoms with Gasteiger partial charge < -0.3 is 9.47 Å². The SMILES string of the molecule is COc1cc(C)c(C(=O)COC(C)(C)C)cc1C. The second kappa shape index (κ2) is 5.53. The van der Waals surface area contributed by atoms with E-state index in [-0.39, 0.29) is 18.0 Å². The van der Waals surface area contributed by atoms with E-state index in [1.165, 1.54) is 0 Å². The van der Waals surface area contributed by atoms with Crippen LogP contribution < -0.4 is 4.74 Å². The van der Waals surface area contributed by atoms with Gasteiger partial charge in [-0.25, -0.2) is 0 Å². The Labute approximate surface area is 109 Å². The Balaban J connectivity index is 2.90. The first-order valence-corrected chi connectivity index (χ1v) is 6.07. The Hall–Kier alpha value is -1.35. The number of benzene rings is 1. The maximum absolute atomic E-state index is 12.1. The molecule has 0 N–H and O–H groups in total. The highest BCUT2D eigenvalue weighted by Gasteiger charge is 2.16. The van der Waals surface area contributed by atoms with E-state index in [0.29, 0.717) is 5.56 Å². The van der Waals surface area contributed by atoms with Gasteiger partial charge in [-0.3, -0.25) is 4.79 Å². The molecule has 0 radical (unpaired) electrons. The van der Waals surface area contributed by atoms with Crippen LogP contribution in [0, 0.1) is 13.8 Å². The maximum atomic E-state index is 12.1. The highest BCUT2D eigenvalue weighted by Crippen LogP contribution is 2.23. The Kier molecular flexibility index (Phi) is 4.52. The molecule has 3 nitrogen and oxygen atoms in total. The lowest BCUT2D eigenvalue weighted by Gasteiger charge is -2.19. The molecule has 18 heavy (non-hydrogen) atoms.